The predicted molar refractivity (Wildman–Crippen MR) is 91.1 cm³/mol. The average molecular weight is 332 g/mol. The third-order valence-electron chi connectivity index (χ3n) is 4.17. The summed E-state index contributed by atoms with van der Waals surface area (Å²) in [4.78, 5) is 15.1. The van der Waals surface area contributed by atoms with Crippen LogP contribution in [0.4, 0.5) is 0 Å². The van der Waals surface area contributed by atoms with Crippen LogP contribution < -0.4 is 10.1 Å². The maximum absolute atomic E-state index is 11.9. The van der Waals surface area contributed by atoms with Crippen molar-refractivity contribution in [2.75, 3.05) is 26.9 Å². The van der Waals surface area contributed by atoms with Gasteiger partial charge in [0.05, 0.1) is 26.4 Å². The van der Waals surface area contributed by atoms with Gasteiger partial charge in [0.25, 0.3) is 0 Å². The minimum absolute atomic E-state index is 0.0634. The van der Waals surface area contributed by atoms with Gasteiger partial charge in [-0.1, -0.05) is 0 Å². The Morgan fingerprint density at radius 3 is 3.08 bits per heavy atom. The molecule has 1 fully saturated rings. The lowest BCUT2D eigenvalue weighted by Crippen LogP contribution is -2.30. The molecule has 0 unspecified atom stereocenters. The number of hydrogen-bond donors (Lipinski definition) is 2. The molecule has 1 aliphatic rings. The van der Waals surface area contributed by atoms with Crippen molar-refractivity contribution < 1.29 is 19.0 Å². The lowest BCUT2D eigenvalue weighted by Gasteiger charge is -2.22. The van der Waals surface area contributed by atoms with E-state index in [0.29, 0.717) is 13.2 Å². The normalized spacial score (nSPS) is 17.8. The summed E-state index contributed by atoms with van der Waals surface area (Å²) in [5.74, 6) is 0.692. The molecule has 1 saturated heterocycles. The summed E-state index contributed by atoms with van der Waals surface area (Å²) in [6, 6.07) is 7.84. The van der Waals surface area contributed by atoms with Crippen LogP contribution in [0.1, 0.15) is 25.0 Å². The molecule has 1 aromatic carbocycles. The number of methoxy groups -OCH3 is 1. The second kappa shape index (κ2) is 8.17. The molecule has 3 rings (SSSR count). The largest absolute Gasteiger partial charge is 0.497 e. The molecule has 6 nitrogen and oxygen atoms in total. The predicted octanol–water partition coefficient (Wildman–Crippen LogP) is 2.38. The summed E-state index contributed by atoms with van der Waals surface area (Å²) >= 11 is 0. The highest BCUT2D eigenvalue weighted by Crippen LogP contribution is 2.21. The van der Waals surface area contributed by atoms with Crippen molar-refractivity contribution in [2.24, 2.45) is 0 Å². The number of hydrogen-bond acceptors (Lipinski definition) is 4. The zero-order valence-electron chi connectivity index (χ0n) is 14.0. The van der Waals surface area contributed by atoms with Crippen molar-refractivity contribution in [1.82, 2.24) is 10.3 Å². The minimum Gasteiger partial charge on any atom is -0.497 e. The van der Waals surface area contributed by atoms with E-state index in [1.807, 2.05) is 24.3 Å². The number of H-pyrrole nitrogens is 1. The molecular weight excluding hydrogens is 308 g/mol. The molecule has 1 aromatic heterocycles. The lowest BCUT2D eigenvalue weighted by molar-refractivity contribution is -0.128. The fourth-order valence-electron chi connectivity index (χ4n) is 2.86. The Labute approximate surface area is 141 Å². The number of benzene rings is 1. The van der Waals surface area contributed by atoms with Crippen molar-refractivity contribution >= 4 is 16.8 Å². The molecule has 0 bridgehead atoms. The van der Waals surface area contributed by atoms with Gasteiger partial charge in [-0.05, 0) is 43.5 Å². The summed E-state index contributed by atoms with van der Waals surface area (Å²) < 4.78 is 16.2. The van der Waals surface area contributed by atoms with Crippen molar-refractivity contribution in [2.45, 2.75) is 31.9 Å². The fourth-order valence-corrected chi connectivity index (χ4v) is 2.86. The molecule has 6 heteroatoms. The van der Waals surface area contributed by atoms with Crippen LogP contribution in [0.5, 0.6) is 5.75 Å². The maximum atomic E-state index is 11.9. The molecule has 0 radical (unpaired) electrons. The number of nitrogens with one attached hydrogen (secondary N) is 2. The second-order valence-corrected chi connectivity index (χ2v) is 6.03. The highest BCUT2D eigenvalue weighted by atomic mass is 16.5. The first-order valence-electron chi connectivity index (χ1n) is 8.36. The van der Waals surface area contributed by atoms with Gasteiger partial charge in [-0.25, -0.2) is 0 Å². The quantitative estimate of drug-likeness (QED) is 0.816. The van der Waals surface area contributed by atoms with Gasteiger partial charge in [0.1, 0.15) is 12.4 Å². The molecule has 1 atom stereocenters. The molecule has 130 valence electrons. The van der Waals surface area contributed by atoms with Crippen LogP contribution in [0.25, 0.3) is 10.9 Å². The van der Waals surface area contributed by atoms with Gasteiger partial charge >= 0.3 is 0 Å². The molecule has 0 aliphatic carbocycles. The lowest BCUT2D eigenvalue weighted by atomic mass is 10.1. The molecular formula is C18H24N2O4. The third kappa shape index (κ3) is 4.49. The summed E-state index contributed by atoms with van der Waals surface area (Å²) in [5.41, 5.74) is 1.97. The Kier molecular flexibility index (Phi) is 5.72. The van der Waals surface area contributed by atoms with E-state index < -0.39 is 0 Å². The van der Waals surface area contributed by atoms with Gasteiger partial charge in [0.2, 0.25) is 5.91 Å². The molecule has 2 aromatic rings. The zero-order chi connectivity index (χ0) is 16.8. The minimum atomic E-state index is -0.123. The Balaban J connectivity index is 1.42. The van der Waals surface area contributed by atoms with Gasteiger partial charge in [0.15, 0.2) is 0 Å². The number of rotatable bonds is 7. The van der Waals surface area contributed by atoms with Gasteiger partial charge in [-0.3, -0.25) is 4.79 Å². The molecule has 1 amide bonds. The van der Waals surface area contributed by atoms with Gasteiger partial charge in [-0.2, -0.15) is 0 Å². The van der Waals surface area contributed by atoms with E-state index >= 15 is 0 Å². The van der Waals surface area contributed by atoms with Crippen molar-refractivity contribution in [3.8, 4) is 5.75 Å². The van der Waals surface area contributed by atoms with E-state index in [2.05, 4.69) is 10.3 Å². The maximum Gasteiger partial charge on any atom is 0.246 e. The highest BCUT2D eigenvalue weighted by Gasteiger charge is 2.14. The van der Waals surface area contributed by atoms with Gasteiger partial charge in [-0.15, -0.1) is 0 Å². The summed E-state index contributed by atoms with van der Waals surface area (Å²) in [6.45, 7) is 1.79. The van der Waals surface area contributed by atoms with Gasteiger partial charge in [0, 0.05) is 23.2 Å². The number of fused-ring (bicyclic) bond motifs is 1. The van der Waals surface area contributed by atoms with Crippen LogP contribution in [-0.2, 0) is 20.8 Å². The standard InChI is InChI=1S/C18H24N2O4/c1-22-15-5-6-17-13(9-15)8-14(20-17)10-19-18(21)12-23-11-16-4-2-3-7-24-16/h5-6,8-9,16,20H,2-4,7,10-12H2,1H3,(H,19,21)/t16-/m1/s1. The van der Waals surface area contributed by atoms with Crippen LogP contribution in [0.3, 0.4) is 0 Å². The zero-order valence-corrected chi connectivity index (χ0v) is 14.0. The first-order chi connectivity index (χ1) is 11.7. The molecule has 0 spiro atoms. The molecule has 0 saturated carbocycles. The Morgan fingerprint density at radius 1 is 1.38 bits per heavy atom. The van der Waals surface area contributed by atoms with E-state index in [4.69, 9.17) is 14.2 Å². The molecule has 24 heavy (non-hydrogen) atoms. The van der Waals surface area contributed by atoms with Crippen LogP contribution in [0.15, 0.2) is 24.3 Å². The first kappa shape index (κ1) is 16.8. The van der Waals surface area contributed by atoms with E-state index in [9.17, 15) is 4.79 Å². The van der Waals surface area contributed by atoms with Crippen LogP contribution >= 0.6 is 0 Å². The van der Waals surface area contributed by atoms with Crippen LogP contribution in [0.2, 0.25) is 0 Å². The molecule has 2 N–H and O–H groups in total. The first-order valence-corrected chi connectivity index (χ1v) is 8.36. The second-order valence-electron chi connectivity index (χ2n) is 6.03. The van der Waals surface area contributed by atoms with E-state index in [0.717, 1.165) is 41.8 Å². The SMILES string of the molecule is COc1ccc2[nH]c(CNC(=O)COC[C@H]3CCCCO3)cc2c1. The third-order valence-corrected chi connectivity index (χ3v) is 4.17. The summed E-state index contributed by atoms with van der Waals surface area (Å²) in [5, 5.41) is 3.92. The number of aromatic amines is 1. The smallest absolute Gasteiger partial charge is 0.246 e. The molecule has 2 heterocycles. The number of aromatic nitrogens is 1. The van der Waals surface area contributed by atoms with Gasteiger partial charge < -0.3 is 24.5 Å². The number of ether oxygens (including phenoxy) is 3. The Hall–Kier alpha value is -2.05. The van der Waals surface area contributed by atoms with Crippen molar-refractivity contribution in [1.29, 1.82) is 0 Å². The molecule has 1 aliphatic heterocycles. The van der Waals surface area contributed by atoms with Crippen LogP contribution in [-0.4, -0.2) is 43.9 Å². The number of carbonyl (C=O) groups is 1. The highest BCUT2D eigenvalue weighted by molar-refractivity contribution is 5.82. The van der Waals surface area contributed by atoms with E-state index in [-0.39, 0.29) is 18.6 Å². The van der Waals surface area contributed by atoms with Crippen LogP contribution in [0, 0.1) is 0 Å². The van der Waals surface area contributed by atoms with Crippen molar-refractivity contribution in [3.05, 3.63) is 30.0 Å². The summed E-state index contributed by atoms with van der Waals surface area (Å²) in [7, 11) is 1.65. The van der Waals surface area contributed by atoms with Crippen molar-refractivity contribution in [3.63, 3.8) is 0 Å². The Bertz CT molecular complexity index is 677. The fraction of sp³-hybridized carbons (Fsp3) is 0.500. The topological polar surface area (TPSA) is 72.6 Å². The Morgan fingerprint density at radius 2 is 2.29 bits per heavy atom. The van der Waals surface area contributed by atoms with E-state index in [1.165, 1.54) is 6.42 Å². The average Bonchev–Trinajstić information content (AvgIpc) is 3.03. The monoisotopic (exact) mass is 332 g/mol. The number of amides is 1. The number of carbonyl (C=O) groups excluding carboxylic acids is 1. The van der Waals surface area contributed by atoms with E-state index in [1.54, 1.807) is 7.11 Å². The summed E-state index contributed by atoms with van der Waals surface area (Å²) in [6.07, 6.45) is 3.44.